The maximum atomic E-state index is 3.42. The predicted molar refractivity (Wildman–Crippen MR) is 71.7 cm³/mol. The third kappa shape index (κ3) is 4.06. The van der Waals surface area contributed by atoms with Crippen molar-refractivity contribution in [3.05, 3.63) is 0 Å². The Labute approximate surface area is 102 Å². The number of hydrogen-bond acceptors (Lipinski definition) is 2. The lowest BCUT2D eigenvalue weighted by atomic mass is 9.78. The van der Waals surface area contributed by atoms with Crippen molar-refractivity contribution in [1.29, 1.82) is 0 Å². The summed E-state index contributed by atoms with van der Waals surface area (Å²) in [7, 11) is 6.59. The zero-order valence-corrected chi connectivity index (χ0v) is 11.8. The molecule has 1 aliphatic rings. The van der Waals surface area contributed by atoms with Crippen molar-refractivity contribution >= 4 is 0 Å². The van der Waals surface area contributed by atoms with Crippen molar-refractivity contribution in [1.82, 2.24) is 10.2 Å². The summed E-state index contributed by atoms with van der Waals surface area (Å²) in [6.45, 7) is 4.69. The van der Waals surface area contributed by atoms with Gasteiger partial charge in [-0.3, -0.25) is 0 Å². The summed E-state index contributed by atoms with van der Waals surface area (Å²) < 4.78 is 0. The molecule has 0 aliphatic heterocycles. The fraction of sp³-hybridized carbons (Fsp3) is 1.00. The van der Waals surface area contributed by atoms with Crippen molar-refractivity contribution in [3.8, 4) is 0 Å². The maximum absolute atomic E-state index is 3.42. The lowest BCUT2D eigenvalue weighted by molar-refractivity contribution is 0.138. The van der Waals surface area contributed by atoms with E-state index in [0.29, 0.717) is 0 Å². The third-order valence-corrected chi connectivity index (χ3v) is 4.10. The molecule has 16 heavy (non-hydrogen) atoms. The molecule has 1 unspecified atom stereocenters. The van der Waals surface area contributed by atoms with Crippen LogP contribution in [0.25, 0.3) is 0 Å². The molecule has 2 heteroatoms. The Morgan fingerprint density at radius 1 is 1.12 bits per heavy atom. The third-order valence-electron chi connectivity index (χ3n) is 4.10. The molecule has 0 aromatic carbocycles. The topological polar surface area (TPSA) is 15.3 Å². The summed E-state index contributed by atoms with van der Waals surface area (Å²) in [5.74, 6) is 1.73. The van der Waals surface area contributed by atoms with Crippen LogP contribution >= 0.6 is 0 Å². The van der Waals surface area contributed by atoms with Crippen LogP contribution in [0.1, 0.15) is 46.0 Å². The first-order valence-corrected chi connectivity index (χ1v) is 6.88. The second-order valence-corrected chi connectivity index (χ2v) is 6.06. The maximum Gasteiger partial charge on any atom is 0.0120 e. The van der Waals surface area contributed by atoms with Gasteiger partial charge >= 0.3 is 0 Å². The van der Waals surface area contributed by atoms with E-state index in [-0.39, 0.29) is 0 Å². The fourth-order valence-corrected chi connectivity index (χ4v) is 3.10. The van der Waals surface area contributed by atoms with Crippen molar-refractivity contribution in [2.75, 3.05) is 21.1 Å². The first-order chi connectivity index (χ1) is 7.54. The van der Waals surface area contributed by atoms with Crippen LogP contribution in [0.15, 0.2) is 0 Å². The van der Waals surface area contributed by atoms with Gasteiger partial charge < -0.3 is 10.2 Å². The largest absolute Gasteiger partial charge is 0.317 e. The van der Waals surface area contributed by atoms with Crippen LogP contribution in [0.2, 0.25) is 0 Å². The van der Waals surface area contributed by atoms with Crippen LogP contribution in [0.3, 0.4) is 0 Å². The standard InChI is InChI=1S/C14H30N2/c1-11(2)10-14(16(4)5)12-6-8-13(15-3)9-7-12/h11-15H,6-10H2,1-5H3. The Bertz CT molecular complexity index is 181. The van der Waals surface area contributed by atoms with E-state index < -0.39 is 0 Å². The van der Waals surface area contributed by atoms with E-state index >= 15 is 0 Å². The van der Waals surface area contributed by atoms with E-state index in [4.69, 9.17) is 0 Å². The van der Waals surface area contributed by atoms with Crippen molar-refractivity contribution in [3.63, 3.8) is 0 Å². The number of nitrogens with one attached hydrogen (secondary N) is 1. The van der Waals surface area contributed by atoms with E-state index in [9.17, 15) is 0 Å². The Balaban J connectivity index is 2.46. The molecular formula is C14H30N2. The zero-order valence-electron chi connectivity index (χ0n) is 11.8. The molecule has 0 heterocycles. The van der Waals surface area contributed by atoms with Crippen LogP contribution in [-0.4, -0.2) is 38.1 Å². The highest BCUT2D eigenvalue weighted by molar-refractivity contribution is 4.84. The molecule has 1 rings (SSSR count). The van der Waals surface area contributed by atoms with Crippen LogP contribution in [0.5, 0.6) is 0 Å². The lowest BCUT2D eigenvalue weighted by Crippen LogP contribution is -2.40. The average molecular weight is 226 g/mol. The van der Waals surface area contributed by atoms with Crippen molar-refractivity contribution in [2.24, 2.45) is 11.8 Å². The van der Waals surface area contributed by atoms with Gasteiger partial charge in [0.05, 0.1) is 0 Å². The van der Waals surface area contributed by atoms with Crippen LogP contribution in [0.4, 0.5) is 0 Å². The monoisotopic (exact) mass is 226 g/mol. The highest BCUT2D eigenvalue weighted by atomic mass is 15.1. The minimum Gasteiger partial charge on any atom is -0.317 e. The molecule has 0 spiro atoms. The summed E-state index contributed by atoms with van der Waals surface area (Å²) in [5, 5.41) is 3.42. The van der Waals surface area contributed by atoms with E-state index in [2.05, 4.69) is 45.2 Å². The molecule has 2 nitrogen and oxygen atoms in total. The van der Waals surface area contributed by atoms with Gasteiger partial charge in [0.1, 0.15) is 0 Å². The van der Waals surface area contributed by atoms with Gasteiger partial charge in [-0.15, -0.1) is 0 Å². The van der Waals surface area contributed by atoms with Gasteiger partial charge in [-0.1, -0.05) is 13.8 Å². The van der Waals surface area contributed by atoms with Gasteiger partial charge in [0, 0.05) is 12.1 Å². The predicted octanol–water partition coefficient (Wildman–Crippen LogP) is 2.74. The van der Waals surface area contributed by atoms with E-state index in [0.717, 1.165) is 23.9 Å². The van der Waals surface area contributed by atoms with Gasteiger partial charge in [0.2, 0.25) is 0 Å². The molecule has 0 amide bonds. The Kier molecular flexibility index (Phi) is 5.77. The molecule has 1 aliphatic carbocycles. The number of nitrogens with zero attached hydrogens (tertiary/aromatic N) is 1. The molecule has 0 radical (unpaired) electrons. The SMILES string of the molecule is CNC1CCC(C(CC(C)C)N(C)C)CC1. The van der Waals surface area contributed by atoms with Crippen molar-refractivity contribution < 1.29 is 0 Å². The zero-order chi connectivity index (χ0) is 12.1. The van der Waals surface area contributed by atoms with Crippen LogP contribution in [-0.2, 0) is 0 Å². The molecule has 1 atom stereocenters. The molecule has 1 N–H and O–H groups in total. The second-order valence-electron chi connectivity index (χ2n) is 6.06. The van der Waals surface area contributed by atoms with Gasteiger partial charge in [0.25, 0.3) is 0 Å². The van der Waals surface area contributed by atoms with Gasteiger partial charge in [-0.05, 0) is 65.1 Å². The summed E-state index contributed by atoms with van der Waals surface area (Å²) in [6, 6.07) is 1.57. The van der Waals surface area contributed by atoms with Crippen LogP contribution < -0.4 is 5.32 Å². The summed E-state index contributed by atoms with van der Waals surface area (Å²) in [4.78, 5) is 2.45. The Morgan fingerprint density at radius 3 is 2.06 bits per heavy atom. The number of rotatable bonds is 5. The molecule has 96 valence electrons. The van der Waals surface area contributed by atoms with E-state index in [1.54, 1.807) is 0 Å². The molecule has 0 saturated heterocycles. The first kappa shape index (κ1) is 14.0. The van der Waals surface area contributed by atoms with Gasteiger partial charge in [-0.25, -0.2) is 0 Å². The highest BCUT2D eigenvalue weighted by Gasteiger charge is 2.28. The molecule has 0 aromatic heterocycles. The highest BCUT2D eigenvalue weighted by Crippen LogP contribution is 2.31. The normalized spacial score (nSPS) is 28.7. The fourth-order valence-electron chi connectivity index (χ4n) is 3.10. The minimum atomic E-state index is 0.776. The van der Waals surface area contributed by atoms with E-state index in [1.807, 2.05) is 0 Å². The van der Waals surface area contributed by atoms with Gasteiger partial charge in [-0.2, -0.15) is 0 Å². The lowest BCUT2D eigenvalue weighted by Gasteiger charge is -2.38. The first-order valence-electron chi connectivity index (χ1n) is 6.88. The summed E-state index contributed by atoms with van der Waals surface area (Å²) in [6.07, 6.45) is 6.89. The minimum absolute atomic E-state index is 0.776. The smallest absolute Gasteiger partial charge is 0.0120 e. The molecular weight excluding hydrogens is 196 g/mol. The number of hydrogen-bond donors (Lipinski definition) is 1. The Hall–Kier alpha value is -0.0800. The van der Waals surface area contributed by atoms with Crippen LogP contribution in [0, 0.1) is 11.8 Å². The molecule has 1 fully saturated rings. The summed E-state index contributed by atoms with van der Waals surface area (Å²) in [5.41, 5.74) is 0. The molecule has 1 saturated carbocycles. The Morgan fingerprint density at radius 2 is 1.69 bits per heavy atom. The van der Waals surface area contributed by atoms with E-state index in [1.165, 1.54) is 32.1 Å². The average Bonchev–Trinajstić information content (AvgIpc) is 2.25. The summed E-state index contributed by atoms with van der Waals surface area (Å²) >= 11 is 0. The molecule has 0 aromatic rings. The van der Waals surface area contributed by atoms with Crippen molar-refractivity contribution in [2.45, 2.75) is 58.0 Å². The second kappa shape index (κ2) is 6.61. The van der Waals surface area contributed by atoms with Gasteiger partial charge in [0.15, 0.2) is 0 Å². The quantitative estimate of drug-likeness (QED) is 0.775. The molecule has 0 bridgehead atoms.